The minimum absolute atomic E-state index is 0.105. The van der Waals surface area contributed by atoms with Crippen LogP contribution in [0, 0.1) is 24.6 Å². The Hall–Kier alpha value is -0.890. The van der Waals surface area contributed by atoms with Crippen LogP contribution in [0.3, 0.4) is 0 Å². The van der Waals surface area contributed by atoms with Crippen LogP contribution >= 0.6 is 0 Å². The molecule has 0 saturated carbocycles. The molecule has 2 heteroatoms. The number of piperidine rings is 1. The molecule has 1 aromatic carbocycles. The predicted octanol–water partition coefficient (Wildman–Crippen LogP) is 2.92. The highest BCUT2D eigenvalue weighted by Crippen LogP contribution is 2.23. The Balaban J connectivity index is 2.07. The van der Waals surface area contributed by atoms with Crippen molar-refractivity contribution in [3.63, 3.8) is 0 Å². The van der Waals surface area contributed by atoms with Gasteiger partial charge in [-0.3, -0.25) is 0 Å². The van der Waals surface area contributed by atoms with E-state index in [0.29, 0.717) is 5.92 Å². The van der Waals surface area contributed by atoms with Crippen molar-refractivity contribution in [2.24, 2.45) is 11.8 Å². The van der Waals surface area contributed by atoms with Crippen LogP contribution in [-0.4, -0.2) is 13.1 Å². The van der Waals surface area contributed by atoms with Crippen molar-refractivity contribution in [1.29, 1.82) is 0 Å². The molecule has 88 valence electrons. The van der Waals surface area contributed by atoms with Crippen molar-refractivity contribution in [3.8, 4) is 0 Å². The minimum atomic E-state index is -0.105. The van der Waals surface area contributed by atoms with Crippen LogP contribution in [0.25, 0.3) is 0 Å². The van der Waals surface area contributed by atoms with Crippen molar-refractivity contribution in [3.05, 3.63) is 35.1 Å². The maximum atomic E-state index is 13.3. The monoisotopic (exact) mass is 221 g/mol. The summed E-state index contributed by atoms with van der Waals surface area (Å²) in [7, 11) is 0. The maximum absolute atomic E-state index is 13.3. The summed E-state index contributed by atoms with van der Waals surface area (Å²) in [5, 5.41) is 3.42. The summed E-state index contributed by atoms with van der Waals surface area (Å²) in [6.45, 7) is 6.45. The fourth-order valence-corrected chi connectivity index (χ4v) is 2.56. The number of rotatable bonds is 2. The molecule has 2 atom stereocenters. The van der Waals surface area contributed by atoms with Gasteiger partial charge in [-0.05, 0) is 68.0 Å². The normalized spacial score (nSPS) is 25.7. The molecule has 0 aromatic heterocycles. The van der Waals surface area contributed by atoms with Crippen molar-refractivity contribution in [2.75, 3.05) is 13.1 Å². The van der Waals surface area contributed by atoms with Crippen LogP contribution in [0.15, 0.2) is 18.2 Å². The van der Waals surface area contributed by atoms with E-state index in [-0.39, 0.29) is 5.82 Å². The topological polar surface area (TPSA) is 12.0 Å². The number of aryl methyl sites for hydroxylation is 1. The Morgan fingerprint density at radius 1 is 1.38 bits per heavy atom. The molecule has 2 unspecified atom stereocenters. The summed E-state index contributed by atoms with van der Waals surface area (Å²) in [6, 6.07) is 5.37. The van der Waals surface area contributed by atoms with E-state index in [2.05, 4.69) is 18.3 Å². The first-order valence-corrected chi connectivity index (χ1v) is 6.12. The van der Waals surface area contributed by atoms with Gasteiger partial charge in [0.1, 0.15) is 5.82 Å². The lowest BCUT2D eigenvalue weighted by Gasteiger charge is -2.29. The summed E-state index contributed by atoms with van der Waals surface area (Å²) in [4.78, 5) is 0. The molecule has 1 saturated heterocycles. The van der Waals surface area contributed by atoms with Gasteiger partial charge >= 0.3 is 0 Å². The Labute approximate surface area is 97.1 Å². The highest BCUT2D eigenvalue weighted by atomic mass is 19.1. The summed E-state index contributed by atoms with van der Waals surface area (Å²) in [5.41, 5.74) is 2.16. The van der Waals surface area contributed by atoms with Crippen LogP contribution < -0.4 is 5.32 Å². The van der Waals surface area contributed by atoms with E-state index in [9.17, 15) is 4.39 Å². The lowest BCUT2D eigenvalue weighted by molar-refractivity contribution is 0.272. The molecule has 1 aliphatic rings. The third-order valence-electron chi connectivity index (χ3n) is 3.59. The van der Waals surface area contributed by atoms with Gasteiger partial charge in [0.2, 0.25) is 0 Å². The van der Waals surface area contributed by atoms with E-state index < -0.39 is 0 Å². The largest absolute Gasteiger partial charge is 0.316 e. The van der Waals surface area contributed by atoms with Gasteiger partial charge in [-0.25, -0.2) is 4.39 Å². The third kappa shape index (κ3) is 2.82. The number of hydrogen-bond donors (Lipinski definition) is 1. The average molecular weight is 221 g/mol. The van der Waals surface area contributed by atoms with E-state index >= 15 is 0 Å². The smallest absolute Gasteiger partial charge is 0.123 e. The lowest BCUT2D eigenvalue weighted by atomic mass is 9.83. The molecule has 16 heavy (non-hydrogen) atoms. The van der Waals surface area contributed by atoms with E-state index in [4.69, 9.17) is 0 Å². The first kappa shape index (κ1) is 11.6. The summed E-state index contributed by atoms with van der Waals surface area (Å²) >= 11 is 0. The van der Waals surface area contributed by atoms with Gasteiger partial charge in [0.25, 0.3) is 0 Å². The van der Waals surface area contributed by atoms with Crippen LogP contribution in [0.1, 0.15) is 24.5 Å². The maximum Gasteiger partial charge on any atom is 0.123 e. The first-order chi connectivity index (χ1) is 7.65. The second-order valence-electron chi connectivity index (χ2n) is 5.07. The van der Waals surface area contributed by atoms with Gasteiger partial charge in [0, 0.05) is 0 Å². The Morgan fingerprint density at radius 3 is 2.88 bits per heavy atom. The zero-order chi connectivity index (χ0) is 11.5. The van der Waals surface area contributed by atoms with Crippen molar-refractivity contribution < 1.29 is 4.39 Å². The van der Waals surface area contributed by atoms with Gasteiger partial charge < -0.3 is 5.32 Å². The molecule has 0 spiro atoms. The highest BCUT2D eigenvalue weighted by Gasteiger charge is 2.21. The fourth-order valence-electron chi connectivity index (χ4n) is 2.56. The number of hydrogen-bond acceptors (Lipinski definition) is 1. The number of nitrogens with one attached hydrogen (secondary N) is 1. The highest BCUT2D eigenvalue weighted by molar-refractivity contribution is 5.24. The molecular weight excluding hydrogens is 201 g/mol. The van der Waals surface area contributed by atoms with Gasteiger partial charge in [0.05, 0.1) is 0 Å². The molecule has 1 aliphatic heterocycles. The second kappa shape index (κ2) is 4.96. The summed E-state index contributed by atoms with van der Waals surface area (Å²) in [5.74, 6) is 1.28. The molecule has 2 rings (SSSR count). The molecular formula is C14H20FN. The van der Waals surface area contributed by atoms with Crippen LogP contribution in [0.2, 0.25) is 0 Å². The zero-order valence-electron chi connectivity index (χ0n) is 10.1. The molecule has 0 aliphatic carbocycles. The Kier molecular flexibility index (Phi) is 3.59. The van der Waals surface area contributed by atoms with Gasteiger partial charge in [-0.2, -0.15) is 0 Å². The van der Waals surface area contributed by atoms with E-state index in [1.54, 1.807) is 12.1 Å². The third-order valence-corrected chi connectivity index (χ3v) is 3.59. The summed E-state index contributed by atoms with van der Waals surface area (Å²) < 4.78 is 13.3. The van der Waals surface area contributed by atoms with Crippen LogP contribution in [0.5, 0.6) is 0 Å². The minimum Gasteiger partial charge on any atom is -0.316 e. The molecule has 1 aromatic rings. The SMILES string of the molecule is Cc1cc(F)cc(CC2CNCCC2C)c1. The molecule has 0 amide bonds. The van der Waals surface area contributed by atoms with Gasteiger partial charge in [-0.1, -0.05) is 13.0 Å². The van der Waals surface area contributed by atoms with Crippen molar-refractivity contribution >= 4 is 0 Å². The number of halogens is 1. The van der Waals surface area contributed by atoms with Crippen molar-refractivity contribution in [2.45, 2.75) is 26.7 Å². The van der Waals surface area contributed by atoms with Crippen molar-refractivity contribution in [1.82, 2.24) is 5.32 Å². The second-order valence-corrected chi connectivity index (χ2v) is 5.07. The average Bonchev–Trinajstić information content (AvgIpc) is 2.20. The quantitative estimate of drug-likeness (QED) is 0.809. The molecule has 1 N–H and O–H groups in total. The first-order valence-electron chi connectivity index (χ1n) is 6.12. The van der Waals surface area contributed by atoms with E-state index in [1.165, 1.54) is 6.42 Å². The fraction of sp³-hybridized carbons (Fsp3) is 0.571. The molecule has 1 nitrogen and oxygen atoms in total. The van der Waals surface area contributed by atoms with Gasteiger partial charge in [0.15, 0.2) is 0 Å². The van der Waals surface area contributed by atoms with Gasteiger partial charge in [-0.15, -0.1) is 0 Å². The lowest BCUT2D eigenvalue weighted by Crippen LogP contribution is -2.36. The van der Waals surface area contributed by atoms with Crippen LogP contribution in [0.4, 0.5) is 4.39 Å². The summed E-state index contributed by atoms with van der Waals surface area (Å²) in [6.07, 6.45) is 2.23. The Bertz CT molecular complexity index is 342. The molecule has 0 bridgehead atoms. The standard InChI is InChI=1S/C14H20FN/c1-10-5-12(8-14(15)6-10)7-13-9-16-4-3-11(13)2/h5-6,8,11,13,16H,3-4,7,9H2,1-2H3. The Morgan fingerprint density at radius 2 is 2.19 bits per heavy atom. The van der Waals surface area contributed by atoms with Crippen LogP contribution in [-0.2, 0) is 6.42 Å². The molecule has 0 radical (unpaired) electrons. The van der Waals surface area contributed by atoms with E-state index in [0.717, 1.165) is 36.6 Å². The molecule has 1 heterocycles. The van der Waals surface area contributed by atoms with E-state index in [1.807, 2.05) is 6.92 Å². The zero-order valence-corrected chi connectivity index (χ0v) is 10.1. The predicted molar refractivity (Wildman–Crippen MR) is 65.0 cm³/mol. The number of benzene rings is 1. The molecule has 1 fully saturated rings.